The molecule has 0 aliphatic carbocycles. The number of fused-ring (bicyclic) bond motifs is 1. The van der Waals surface area contributed by atoms with E-state index in [1.54, 1.807) is 0 Å². The summed E-state index contributed by atoms with van der Waals surface area (Å²) >= 11 is 0. The molecule has 4 nitrogen and oxygen atoms in total. The summed E-state index contributed by atoms with van der Waals surface area (Å²) in [6.45, 7) is 2.02. The number of benzene rings is 3. The molecular weight excluding hydrogens is 398 g/mol. The quantitative estimate of drug-likeness (QED) is 0.297. The summed E-state index contributed by atoms with van der Waals surface area (Å²) in [5.74, 6) is -0.825. The van der Waals surface area contributed by atoms with Gasteiger partial charge in [-0.05, 0) is 29.7 Å². The molecule has 1 heterocycles. The Kier molecular flexibility index (Phi) is 5.95. The second-order valence-corrected chi connectivity index (χ2v) is 8.21. The van der Waals surface area contributed by atoms with Crippen LogP contribution in [0.25, 0.3) is 10.9 Å². The fourth-order valence-corrected chi connectivity index (χ4v) is 4.98. The van der Waals surface area contributed by atoms with Crippen molar-refractivity contribution >= 4 is 23.2 Å². The van der Waals surface area contributed by atoms with E-state index in [4.69, 9.17) is 4.74 Å². The topological polar surface area (TPSA) is 48.3 Å². The summed E-state index contributed by atoms with van der Waals surface area (Å²) in [7, 11) is 3.39. The molecule has 0 saturated heterocycles. The molecule has 0 saturated carbocycles. The minimum absolute atomic E-state index is 0.177. The Bertz CT molecular complexity index is 1260. The molecule has 0 fully saturated rings. The summed E-state index contributed by atoms with van der Waals surface area (Å²) < 4.78 is 7.52. The molecule has 4 heteroatoms. The molecule has 4 rings (SSSR count). The number of hydrogen-bond donors (Lipinski definition) is 0. The zero-order valence-electron chi connectivity index (χ0n) is 18.6. The molecule has 2 atom stereocenters. The van der Waals surface area contributed by atoms with Crippen LogP contribution in [0.3, 0.4) is 0 Å². The molecule has 0 radical (unpaired) electrons. The van der Waals surface area contributed by atoms with Crippen molar-refractivity contribution in [1.82, 2.24) is 4.57 Å². The van der Waals surface area contributed by atoms with Gasteiger partial charge in [-0.1, -0.05) is 78.4 Å². The molecule has 0 unspecified atom stereocenters. The van der Waals surface area contributed by atoms with E-state index in [-0.39, 0.29) is 12.4 Å². The van der Waals surface area contributed by atoms with Crippen molar-refractivity contribution in [1.29, 1.82) is 0 Å². The standard InChI is InChI=1S/C28H27NO3/c1-20-10-9-11-21(18-20)24(16-17-30)28(27(31)32-3,22-12-5-4-6-13-22)25-19-29(2)26-15-8-7-14-23(25)26/h4-15,17-19,24H,16H2,1-3H3/t24-,28-/m0/s1. The lowest BCUT2D eigenvalue weighted by atomic mass is 9.62. The number of methoxy groups -OCH3 is 1. The van der Waals surface area contributed by atoms with Crippen molar-refractivity contribution in [3.63, 3.8) is 0 Å². The second-order valence-electron chi connectivity index (χ2n) is 8.21. The fraction of sp³-hybridized carbons (Fsp3) is 0.214. The molecule has 162 valence electrons. The zero-order valence-corrected chi connectivity index (χ0v) is 18.6. The molecule has 0 N–H and O–H groups in total. The number of nitrogens with zero attached hydrogens (tertiary/aromatic N) is 1. The number of aryl methyl sites for hydroxylation is 2. The van der Waals surface area contributed by atoms with Gasteiger partial charge in [-0.3, -0.25) is 4.79 Å². The van der Waals surface area contributed by atoms with Gasteiger partial charge >= 0.3 is 5.97 Å². The third-order valence-electron chi connectivity index (χ3n) is 6.36. The van der Waals surface area contributed by atoms with Gasteiger partial charge in [-0.2, -0.15) is 0 Å². The average molecular weight is 426 g/mol. The molecule has 32 heavy (non-hydrogen) atoms. The first-order chi connectivity index (χ1) is 15.5. The summed E-state index contributed by atoms with van der Waals surface area (Å²) in [4.78, 5) is 25.9. The number of para-hydroxylation sites is 1. The van der Waals surface area contributed by atoms with Crippen LogP contribution >= 0.6 is 0 Å². The van der Waals surface area contributed by atoms with Crippen molar-refractivity contribution in [3.8, 4) is 0 Å². The van der Waals surface area contributed by atoms with Crippen LogP contribution in [-0.4, -0.2) is 23.9 Å². The Hall–Kier alpha value is -3.66. The number of rotatable bonds is 7. The van der Waals surface area contributed by atoms with Crippen molar-refractivity contribution in [3.05, 3.63) is 107 Å². The average Bonchev–Trinajstić information content (AvgIpc) is 3.16. The summed E-state index contributed by atoms with van der Waals surface area (Å²) in [5.41, 5.74) is 3.45. The number of carbonyl (C=O) groups is 2. The molecule has 1 aromatic heterocycles. The van der Waals surface area contributed by atoms with Gasteiger partial charge in [0.25, 0.3) is 0 Å². The van der Waals surface area contributed by atoms with E-state index in [9.17, 15) is 9.59 Å². The monoisotopic (exact) mass is 425 g/mol. The number of aromatic nitrogens is 1. The van der Waals surface area contributed by atoms with Gasteiger partial charge in [0.15, 0.2) is 0 Å². The number of carbonyl (C=O) groups excluding carboxylic acids is 2. The maximum atomic E-state index is 13.9. The van der Waals surface area contributed by atoms with E-state index in [2.05, 4.69) is 6.07 Å². The molecule has 4 aromatic rings. The van der Waals surface area contributed by atoms with Crippen LogP contribution in [0.4, 0.5) is 0 Å². The van der Waals surface area contributed by atoms with Gasteiger partial charge < -0.3 is 14.1 Å². The van der Waals surface area contributed by atoms with E-state index in [1.165, 1.54) is 7.11 Å². The van der Waals surface area contributed by atoms with Crippen molar-refractivity contribution in [2.75, 3.05) is 7.11 Å². The van der Waals surface area contributed by atoms with Crippen LogP contribution in [0.5, 0.6) is 0 Å². The second kappa shape index (κ2) is 8.83. The van der Waals surface area contributed by atoms with Gasteiger partial charge in [0.2, 0.25) is 0 Å². The molecule has 0 aliphatic rings. The Morgan fingerprint density at radius 1 is 1.03 bits per heavy atom. The fourth-order valence-electron chi connectivity index (χ4n) is 4.98. The van der Waals surface area contributed by atoms with E-state index in [0.29, 0.717) is 0 Å². The third-order valence-corrected chi connectivity index (χ3v) is 6.36. The highest BCUT2D eigenvalue weighted by Gasteiger charge is 2.51. The zero-order chi connectivity index (χ0) is 22.7. The highest BCUT2D eigenvalue weighted by atomic mass is 16.5. The molecule has 0 spiro atoms. The Labute approximate surface area is 188 Å². The summed E-state index contributed by atoms with van der Waals surface area (Å²) in [5, 5.41) is 0.966. The highest BCUT2D eigenvalue weighted by molar-refractivity contribution is 5.97. The summed E-state index contributed by atoms with van der Waals surface area (Å²) in [6, 6.07) is 25.7. The Balaban J connectivity index is 2.16. The van der Waals surface area contributed by atoms with E-state index in [1.807, 2.05) is 97.5 Å². The smallest absolute Gasteiger partial charge is 0.321 e. The van der Waals surface area contributed by atoms with Crippen LogP contribution in [0, 0.1) is 6.92 Å². The third kappa shape index (κ3) is 3.42. The number of esters is 1. The minimum Gasteiger partial charge on any atom is -0.468 e. The summed E-state index contributed by atoms with van der Waals surface area (Å²) in [6.07, 6.45) is 3.08. The van der Waals surface area contributed by atoms with Crippen molar-refractivity contribution in [2.24, 2.45) is 7.05 Å². The van der Waals surface area contributed by atoms with Crippen molar-refractivity contribution in [2.45, 2.75) is 24.7 Å². The number of aldehydes is 1. The van der Waals surface area contributed by atoms with Crippen LogP contribution in [0.15, 0.2) is 85.1 Å². The lowest BCUT2D eigenvalue weighted by Crippen LogP contribution is -2.44. The van der Waals surface area contributed by atoms with Gasteiger partial charge in [0.05, 0.1) is 7.11 Å². The predicted octanol–water partition coefficient (Wildman–Crippen LogP) is 5.32. The molecule has 0 bridgehead atoms. The van der Waals surface area contributed by atoms with E-state index >= 15 is 0 Å². The first-order valence-electron chi connectivity index (χ1n) is 10.7. The maximum absolute atomic E-state index is 13.9. The van der Waals surface area contributed by atoms with Crippen LogP contribution in [0.2, 0.25) is 0 Å². The van der Waals surface area contributed by atoms with Gasteiger partial charge in [0, 0.05) is 36.5 Å². The lowest BCUT2D eigenvalue weighted by molar-refractivity contribution is -0.146. The molecule has 0 amide bonds. The van der Waals surface area contributed by atoms with E-state index in [0.717, 1.165) is 39.4 Å². The van der Waals surface area contributed by atoms with Crippen LogP contribution in [0.1, 0.15) is 34.6 Å². The molecule has 0 aliphatic heterocycles. The van der Waals surface area contributed by atoms with Crippen molar-refractivity contribution < 1.29 is 14.3 Å². The lowest BCUT2D eigenvalue weighted by Gasteiger charge is -2.39. The normalized spacial score (nSPS) is 14.0. The maximum Gasteiger partial charge on any atom is 0.321 e. The first-order valence-corrected chi connectivity index (χ1v) is 10.7. The van der Waals surface area contributed by atoms with Crippen LogP contribution in [-0.2, 0) is 26.8 Å². The minimum atomic E-state index is -1.20. The number of ether oxygens (including phenoxy) is 1. The molecule has 3 aromatic carbocycles. The Morgan fingerprint density at radius 2 is 1.75 bits per heavy atom. The van der Waals surface area contributed by atoms with Gasteiger partial charge in [-0.25, -0.2) is 0 Å². The van der Waals surface area contributed by atoms with Gasteiger partial charge in [0.1, 0.15) is 11.7 Å². The Morgan fingerprint density at radius 3 is 2.44 bits per heavy atom. The number of hydrogen-bond acceptors (Lipinski definition) is 3. The SMILES string of the molecule is COC(=O)[C@](c1ccccc1)(c1cn(C)c2ccccc12)[C@@H](CC=O)c1cccc(C)c1. The van der Waals surface area contributed by atoms with Crippen LogP contribution < -0.4 is 0 Å². The predicted molar refractivity (Wildman–Crippen MR) is 127 cm³/mol. The van der Waals surface area contributed by atoms with E-state index < -0.39 is 11.3 Å². The molecular formula is C28H27NO3. The first kappa shape index (κ1) is 21.6. The largest absolute Gasteiger partial charge is 0.468 e. The highest BCUT2D eigenvalue weighted by Crippen LogP contribution is 2.49. The van der Waals surface area contributed by atoms with Gasteiger partial charge in [-0.15, -0.1) is 0 Å².